The van der Waals surface area contributed by atoms with E-state index >= 15 is 0 Å². The molecule has 0 saturated carbocycles. The van der Waals surface area contributed by atoms with Crippen molar-refractivity contribution in [1.82, 2.24) is 5.32 Å². The normalized spacial score (nSPS) is 14.4. The number of hydrogen-bond acceptors (Lipinski definition) is 3. The van der Waals surface area contributed by atoms with Crippen molar-refractivity contribution in [2.75, 3.05) is 13.7 Å². The first-order valence-corrected chi connectivity index (χ1v) is 5.82. The molecule has 0 heterocycles. The van der Waals surface area contributed by atoms with E-state index in [2.05, 4.69) is 5.32 Å². The van der Waals surface area contributed by atoms with E-state index in [9.17, 15) is 4.39 Å². The number of hydrogen-bond donors (Lipinski definition) is 2. The first-order valence-electron chi connectivity index (χ1n) is 5.82. The van der Waals surface area contributed by atoms with Crippen LogP contribution in [0, 0.1) is 5.82 Å². The zero-order chi connectivity index (χ0) is 12.8. The third-order valence-electron chi connectivity index (χ3n) is 2.87. The number of nitrogens with one attached hydrogen (secondary N) is 1. The molecule has 0 fully saturated rings. The van der Waals surface area contributed by atoms with Gasteiger partial charge in [0.25, 0.3) is 0 Å². The maximum atomic E-state index is 13.8. The van der Waals surface area contributed by atoms with Crippen molar-refractivity contribution >= 4 is 0 Å². The summed E-state index contributed by atoms with van der Waals surface area (Å²) in [6.07, 6.45) is 0.804. The molecular weight excluding hydrogens is 221 g/mol. The summed E-state index contributed by atoms with van der Waals surface area (Å²) in [5.41, 5.74) is 0.581. The molecule has 1 rings (SSSR count). The summed E-state index contributed by atoms with van der Waals surface area (Å²) in [6.45, 7) is 3.91. The van der Waals surface area contributed by atoms with Gasteiger partial charge < -0.3 is 15.2 Å². The summed E-state index contributed by atoms with van der Waals surface area (Å²) < 4.78 is 18.7. The predicted molar refractivity (Wildman–Crippen MR) is 65.7 cm³/mol. The lowest BCUT2D eigenvalue weighted by Crippen LogP contribution is -2.34. The van der Waals surface area contributed by atoms with E-state index in [1.165, 1.54) is 13.2 Å². The van der Waals surface area contributed by atoms with Crippen LogP contribution in [-0.2, 0) is 0 Å². The Morgan fingerprint density at radius 2 is 2.18 bits per heavy atom. The second-order valence-corrected chi connectivity index (χ2v) is 4.06. The van der Waals surface area contributed by atoms with Gasteiger partial charge in [0.15, 0.2) is 0 Å². The highest BCUT2D eigenvalue weighted by Crippen LogP contribution is 2.22. The van der Waals surface area contributed by atoms with Crippen molar-refractivity contribution in [3.8, 4) is 5.75 Å². The lowest BCUT2D eigenvalue weighted by atomic mass is 10.1. The van der Waals surface area contributed by atoms with Gasteiger partial charge in [0, 0.05) is 23.7 Å². The van der Waals surface area contributed by atoms with E-state index in [1.54, 1.807) is 12.1 Å². The van der Waals surface area contributed by atoms with Gasteiger partial charge >= 0.3 is 0 Å². The summed E-state index contributed by atoms with van der Waals surface area (Å²) in [4.78, 5) is 0. The van der Waals surface area contributed by atoms with Crippen LogP contribution in [0.15, 0.2) is 18.2 Å². The third-order valence-corrected chi connectivity index (χ3v) is 2.87. The van der Waals surface area contributed by atoms with Crippen molar-refractivity contribution in [3.05, 3.63) is 29.6 Å². The van der Waals surface area contributed by atoms with Gasteiger partial charge in [-0.2, -0.15) is 0 Å². The highest BCUT2D eigenvalue weighted by Gasteiger charge is 2.14. The molecule has 0 aliphatic rings. The van der Waals surface area contributed by atoms with Crippen LogP contribution in [-0.4, -0.2) is 24.9 Å². The molecule has 1 aromatic rings. The molecule has 0 aromatic heterocycles. The molecular formula is C13H20FNO2. The molecule has 0 radical (unpaired) electrons. The Labute approximate surface area is 102 Å². The lowest BCUT2D eigenvalue weighted by molar-refractivity contribution is 0.229. The molecule has 0 aliphatic carbocycles. The van der Waals surface area contributed by atoms with Gasteiger partial charge in [-0.3, -0.25) is 0 Å². The number of rotatable bonds is 6. The van der Waals surface area contributed by atoms with E-state index in [0.29, 0.717) is 11.3 Å². The summed E-state index contributed by atoms with van der Waals surface area (Å²) in [7, 11) is 1.51. The van der Waals surface area contributed by atoms with E-state index in [0.717, 1.165) is 6.42 Å². The Bertz CT molecular complexity index is 353. The summed E-state index contributed by atoms with van der Waals surface area (Å²) in [5, 5.41) is 12.3. The Kier molecular flexibility index (Phi) is 5.38. The minimum Gasteiger partial charge on any atom is -0.497 e. The van der Waals surface area contributed by atoms with E-state index in [1.807, 2.05) is 13.8 Å². The second-order valence-electron chi connectivity index (χ2n) is 4.06. The van der Waals surface area contributed by atoms with Crippen LogP contribution >= 0.6 is 0 Å². The summed E-state index contributed by atoms with van der Waals surface area (Å²) >= 11 is 0. The zero-order valence-corrected chi connectivity index (χ0v) is 10.5. The topological polar surface area (TPSA) is 41.5 Å². The van der Waals surface area contributed by atoms with Crippen LogP contribution < -0.4 is 10.1 Å². The molecule has 2 atom stereocenters. The number of aliphatic hydroxyl groups is 1. The molecule has 0 saturated heterocycles. The average molecular weight is 241 g/mol. The standard InChI is InChI=1S/C13H20FNO2/c1-4-10(8-16)15-9(2)12-6-5-11(17-3)7-13(12)14/h5-7,9-10,15-16H,4,8H2,1-3H3/t9?,10-/m0/s1. The number of aliphatic hydroxyl groups excluding tert-OH is 1. The van der Waals surface area contributed by atoms with E-state index in [4.69, 9.17) is 9.84 Å². The van der Waals surface area contributed by atoms with Crippen LogP contribution in [0.25, 0.3) is 0 Å². The molecule has 0 amide bonds. The van der Waals surface area contributed by atoms with Gasteiger partial charge in [0.2, 0.25) is 0 Å². The van der Waals surface area contributed by atoms with Crippen molar-refractivity contribution in [1.29, 1.82) is 0 Å². The Morgan fingerprint density at radius 3 is 2.65 bits per heavy atom. The Balaban J connectivity index is 2.78. The molecule has 1 unspecified atom stereocenters. The molecule has 96 valence electrons. The van der Waals surface area contributed by atoms with Crippen LogP contribution in [0.5, 0.6) is 5.75 Å². The fraction of sp³-hybridized carbons (Fsp3) is 0.538. The highest BCUT2D eigenvalue weighted by atomic mass is 19.1. The maximum absolute atomic E-state index is 13.8. The molecule has 4 heteroatoms. The van der Waals surface area contributed by atoms with Crippen molar-refractivity contribution in [2.24, 2.45) is 0 Å². The van der Waals surface area contributed by atoms with Gasteiger partial charge in [-0.25, -0.2) is 4.39 Å². The second kappa shape index (κ2) is 6.57. The average Bonchev–Trinajstić information content (AvgIpc) is 2.35. The van der Waals surface area contributed by atoms with Crippen LogP contribution in [0.1, 0.15) is 31.9 Å². The van der Waals surface area contributed by atoms with E-state index < -0.39 is 0 Å². The molecule has 0 bridgehead atoms. The fourth-order valence-electron chi connectivity index (χ4n) is 1.73. The SMILES string of the molecule is CC[C@@H](CO)NC(C)c1ccc(OC)cc1F. The molecule has 17 heavy (non-hydrogen) atoms. The van der Waals surface area contributed by atoms with E-state index in [-0.39, 0.29) is 24.5 Å². The number of halogens is 1. The van der Waals surface area contributed by atoms with Crippen molar-refractivity contribution < 1.29 is 14.2 Å². The van der Waals surface area contributed by atoms with Crippen LogP contribution in [0.2, 0.25) is 0 Å². The fourth-order valence-corrected chi connectivity index (χ4v) is 1.73. The predicted octanol–water partition coefficient (Wildman–Crippen LogP) is 2.26. The maximum Gasteiger partial charge on any atom is 0.131 e. The molecule has 3 nitrogen and oxygen atoms in total. The third kappa shape index (κ3) is 3.68. The lowest BCUT2D eigenvalue weighted by Gasteiger charge is -2.21. The zero-order valence-electron chi connectivity index (χ0n) is 10.5. The largest absolute Gasteiger partial charge is 0.497 e. The quantitative estimate of drug-likeness (QED) is 0.802. The van der Waals surface area contributed by atoms with Crippen molar-refractivity contribution in [2.45, 2.75) is 32.4 Å². The minimum atomic E-state index is -0.294. The number of benzene rings is 1. The number of ether oxygens (including phenoxy) is 1. The van der Waals surface area contributed by atoms with Gasteiger partial charge in [-0.05, 0) is 19.4 Å². The Hall–Kier alpha value is -1.13. The van der Waals surface area contributed by atoms with Crippen LogP contribution in [0.3, 0.4) is 0 Å². The first kappa shape index (κ1) is 13.9. The van der Waals surface area contributed by atoms with Crippen molar-refractivity contribution in [3.63, 3.8) is 0 Å². The summed E-state index contributed by atoms with van der Waals surface area (Å²) in [6, 6.07) is 4.66. The van der Waals surface area contributed by atoms with Gasteiger partial charge in [-0.1, -0.05) is 13.0 Å². The molecule has 2 N–H and O–H groups in total. The molecule has 1 aromatic carbocycles. The molecule has 0 aliphatic heterocycles. The smallest absolute Gasteiger partial charge is 0.131 e. The minimum absolute atomic E-state index is 0.00787. The van der Waals surface area contributed by atoms with Gasteiger partial charge in [0.05, 0.1) is 13.7 Å². The van der Waals surface area contributed by atoms with Gasteiger partial charge in [-0.15, -0.1) is 0 Å². The highest BCUT2D eigenvalue weighted by molar-refractivity contribution is 5.30. The number of methoxy groups -OCH3 is 1. The summed E-state index contributed by atoms with van der Waals surface area (Å²) in [5.74, 6) is 0.213. The monoisotopic (exact) mass is 241 g/mol. The first-order chi connectivity index (χ1) is 8.12. The van der Waals surface area contributed by atoms with Gasteiger partial charge in [0.1, 0.15) is 11.6 Å². The van der Waals surface area contributed by atoms with Crippen LogP contribution in [0.4, 0.5) is 4.39 Å². The Morgan fingerprint density at radius 1 is 1.47 bits per heavy atom. The molecule has 0 spiro atoms.